The van der Waals surface area contributed by atoms with Gasteiger partial charge < -0.3 is 15.0 Å². The van der Waals surface area contributed by atoms with Gasteiger partial charge in [-0.15, -0.1) is 11.3 Å². The monoisotopic (exact) mass is 449 g/mol. The molecular weight excluding hydrogens is 422 g/mol. The summed E-state index contributed by atoms with van der Waals surface area (Å²) in [5.74, 6) is -0.977. The lowest BCUT2D eigenvalue weighted by Crippen LogP contribution is -2.22. The lowest BCUT2D eigenvalue weighted by atomic mass is 10.1. The Morgan fingerprint density at radius 2 is 1.88 bits per heavy atom. The highest BCUT2D eigenvalue weighted by molar-refractivity contribution is 7.13. The van der Waals surface area contributed by atoms with Gasteiger partial charge in [0, 0.05) is 35.4 Å². The van der Waals surface area contributed by atoms with Crippen LogP contribution in [0.2, 0.25) is 0 Å². The predicted octanol–water partition coefficient (Wildman–Crippen LogP) is 5.08. The van der Waals surface area contributed by atoms with Crippen molar-refractivity contribution in [1.29, 1.82) is 0 Å². The number of ether oxygens (including phenoxy) is 1. The van der Waals surface area contributed by atoms with E-state index in [2.05, 4.69) is 40.3 Å². The standard InChI is InChI=1S/C25H27N3O3S/c1-3-18-6-8-19(9-7-18)24-27-22(16-32-24)25(30)31-15-23(29)26-21-11-10-20(14-17(21)2)28-12-4-5-13-28/h6-11,14,16H,3-5,12-13,15H2,1-2H3,(H,26,29). The Morgan fingerprint density at radius 3 is 2.56 bits per heavy atom. The van der Waals surface area contributed by atoms with Gasteiger partial charge in [-0.25, -0.2) is 9.78 Å². The topological polar surface area (TPSA) is 71.5 Å². The van der Waals surface area contributed by atoms with Crippen molar-refractivity contribution in [2.45, 2.75) is 33.1 Å². The van der Waals surface area contributed by atoms with Crippen LogP contribution in [0.3, 0.4) is 0 Å². The molecule has 1 amide bonds. The van der Waals surface area contributed by atoms with Crippen molar-refractivity contribution in [3.05, 3.63) is 64.7 Å². The first-order valence-corrected chi connectivity index (χ1v) is 11.8. The number of nitrogens with zero attached hydrogens (tertiary/aromatic N) is 2. The SMILES string of the molecule is CCc1ccc(-c2nc(C(=O)OCC(=O)Nc3ccc(N4CCCC4)cc3C)cs2)cc1. The second-order valence-electron chi connectivity index (χ2n) is 7.91. The summed E-state index contributed by atoms with van der Waals surface area (Å²) in [6, 6.07) is 14.1. The molecule has 6 nitrogen and oxygen atoms in total. The minimum Gasteiger partial charge on any atom is -0.451 e. The van der Waals surface area contributed by atoms with E-state index in [-0.39, 0.29) is 18.2 Å². The Labute approximate surface area is 192 Å². The Balaban J connectivity index is 1.31. The summed E-state index contributed by atoms with van der Waals surface area (Å²) in [6.45, 7) is 5.86. The molecular formula is C25H27N3O3S. The van der Waals surface area contributed by atoms with Crippen molar-refractivity contribution in [2.24, 2.45) is 0 Å². The summed E-state index contributed by atoms with van der Waals surface area (Å²) >= 11 is 1.38. The van der Waals surface area contributed by atoms with Crippen LogP contribution in [0, 0.1) is 6.92 Å². The van der Waals surface area contributed by atoms with Gasteiger partial charge in [-0.2, -0.15) is 0 Å². The number of carbonyl (C=O) groups excluding carboxylic acids is 2. The molecule has 1 fully saturated rings. The molecule has 1 aromatic heterocycles. The smallest absolute Gasteiger partial charge is 0.358 e. The van der Waals surface area contributed by atoms with E-state index in [9.17, 15) is 9.59 Å². The lowest BCUT2D eigenvalue weighted by Gasteiger charge is -2.19. The Bertz CT molecular complexity index is 1100. The molecule has 3 aromatic rings. The molecule has 0 spiro atoms. The van der Waals surface area contributed by atoms with E-state index in [1.807, 2.05) is 31.2 Å². The highest BCUT2D eigenvalue weighted by Gasteiger charge is 2.17. The highest BCUT2D eigenvalue weighted by Crippen LogP contribution is 2.26. The van der Waals surface area contributed by atoms with Crippen LogP contribution >= 0.6 is 11.3 Å². The molecule has 166 valence electrons. The zero-order chi connectivity index (χ0) is 22.5. The van der Waals surface area contributed by atoms with Crippen molar-refractivity contribution in [3.8, 4) is 10.6 Å². The summed E-state index contributed by atoms with van der Waals surface area (Å²) in [5.41, 5.74) is 5.29. The van der Waals surface area contributed by atoms with Crippen LogP contribution in [-0.2, 0) is 16.0 Å². The fourth-order valence-corrected chi connectivity index (χ4v) is 4.53. The third-order valence-corrected chi connectivity index (χ3v) is 6.50. The van der Waals surface area contributed by atoms with Gasteiger partial charge in [0.15, 0.2) is 12.3 Å². The van der Waals surface area contributed by atoms with Crippen molar-refractivity contribution >= 4 is 34.6 Å². The molecule has 7 heteroatoms. The largest absolute Gasteiger partial charge is 0.451 e. The quantitative estimate of drug-likeness (QED) is 0.510. The van der Waals surface area contributed by atoms with Crippen LogP contribution in [0.4, 0.5) is 11.4 Å². The number of esters is 1. The molecule has 32 heavy (non-hydrogen) atoms. The van der Waals surface area contributed by atoms with E-state index in [0.29, 0.717) is 0 Å². The molecule has 1 N–H and O–H groups in total. The maximum absolute atomic E-state index is 12.3. The zero-order valence-corrected chi connectivity index (χ0v) is 19.2. The van der Waals surface area contributed by atoms with Crippen LogP contribution in [0.1, 0.15) is 41.4 Å². The first-order chi connectivity index (χ1) is 15.5. The number of carbonyl (C=O) groups is 2. The number of aromatic nitrogens is 1. The number of nitrogens with one attached hydrogen (secondary N) is 1. The number of anilines is 2. The molecule has 0 radical (unpaired) electrons. The number of benzene rings is 2. The third-order valence-electron chi connectivity index (χ3n) is 5.61. The normalized spacial score (nSPS) is 13.2. The van der Waals surface area contributed by atoms with Gasteiger partial charge in [0.1, 0.15) is 5.01 Å². The predicted molar refractivity (Wildman–Crippen MR) is 128 cm³/mol. The van der Waals surface area contributed by atoms with E-state index < -0.39 is 5.97 Å². The van der Waals surface area contributed by atoms with Gasteiger partial charge in [-0.05, 0) is 55.5 Å². The van der Waals surface area contributed by atoms with Crippen molar-refractivity contribution in [2.75, 3.05) is 29.9 Å². The average Bonchev–Trinajstić information content (AvgIpc) is 3.51. The molecule has 1 aliphatic rings. The van der Waals surface area contributed by atoms with E-state index in [4.69, 9.17) is 4.74 Å². The van der Waals surface area contributed by atoms with Gasteiger partial charge >= 0.3 is 5.97 Å². The zero-order valence-electron chi connectivity index (χ0n) is 18.4. The van der Waals surface area contributed by atoms with Crippen molar-refractivity contribution in [1.82, 2.24) is 4.98 Å². The summed E-state index contributed by atoms with van der Waals surface area (Å²) in [6.07, 6.45) is 3.41. The van der Waals surface area contributed by atoms with Gasteiger partial charge in [-0.1, -0.05) is 31.2 Å². The highest BCUT2D eigenvalue weighted by atomic mass is 32.1. The van der Waals surface area contributed by atoms with Gasteiger partial charge in [0.05, 0.1) is 0 Å². The third kappa shape index (κ3) is 5.16. The van der Waals surface area contributed by atoms with Crippen LogP contribution in [0.15, 0.2) is 47.8 Å². The summed E-state index contributed by atoms with van der Waals surface area (Å²) in [7, 11) is 0. The summed E-state index contributed by atoms with van der Waals surface area (Å²) in [4.78, 5) is 31.4. The number of aryl methyl sites for hydroxylation is 2. The molecule has 0 saturated carbocycles. The number of amides is 1. The van der Waals surface area contributed by atoms with E-state index in [1.165, 1.54) is 35.4 Å². The molecule has 1 aliphatic heterocycles. The summed E-state index contributed by atoms with van der Waals surface area (Å²) < 4.78 is 5.18. The second-order valence-corrected chi connectivity index (χ2v) is 8.76. The van der Waals surface area contributed by atoms with Crippen LogP contribution < -0.4 is 10.2 Å². The number of hydrogen-bond acceptors (Lipinski definition) is 6. The fourth-order valence-electron chi connectivity index (χ4n) is 3.73. The first kappa shape index (κ1) is 22.0. The van der Waals surface area contributed by atoms with Crippen LogP contribution in [0.25, 0.3) is 10.6 Å². The fraction of sp³-hybridized carbons (Fsp3) is 0.320. The second kappa shape index (κ2) is 9.96. The van der Waals surface area contributed by atoms with Crippen LogP contribution in [0.5, 0.6) is 0 Å². The Morgan fingerprint density at radius 1 is 1.12 bits per heavy atom. The summed E-state index contributed by atoms with van der Waals surface area (Å²) in [5, 5.41) is 5.23. The lowest BCUT2D eigenvalue weighted by molar-refractivity contribution is -0.119. The van der Waals surface area contributed by atoms with Gasteiger partial charge in [-0.3, -0.25) is 4.79 Å². The number of hydrogen-bond donors (Lipinski definition) is 1. The molecule has 4 rings (SSSR count). The Hall–Kier alpha value is -3.19. The van der Waals surface area contributed by atoms with E-state index >= 15 is 0 Å². The van der Waals surface area contributed by atoms with Crippen molar-refractivity contribution < 1.29 is 14.3 Å². The average molecular weight is 450 g/mol. The number of rotatable bonds is 7. The number of thiazole rings is 1. The van der Waals surface area contributed by atoms with E-state index in [0.717, 1.165) is 41.3 Å². The van der Waals surface area contributed by atoms with Gasteiger partial charge in [0.25, 0.3) is 5.91 Å². The molecule has 0 atom stereocenters. The van der Waals surface area contributed by atoms with Gasteiger partial charge in [0.2, 0.25) is 0 Å². The van der Waals surface area contributed by atoms with Crippen LogP contribution in [-0.4, -0.2) is 36.6 Å². The Kier molecular flexibility index (Phi) is 6.85. The minimum absolute atomic E-state index is 0.212. The van der Waals surface area contributed by atoms with Crippen molar-refractivity contribution in [3.63, 3.8) is 0 Å². The molecule has 0 aliphatic carbocycles. The first-order valence-electron chi connectivity index (χ1n) is 10.9. The molecule has 2 aromatic carbocycles. The maximum Gasteiger partial charge on any atom is 0.358 e. The maximum atomic E-state index is 12.3. The molecule has 0 unspecified atom stereocenters. The molecule has 2 heterocycles. The minimum atomic E-state index is -0.603. The van der Waals surface area contributed by atoms with E-state index in [1.54, 1.807) is 5.38 Å². The molecule has 0 bridgehead atoms. The molecule has 1 saturated heterocycles.